The van der Waals surface area contributed by atoms with Crippen LogP contribution in [0.4, 0.5) is 24.8 Å². The SMILES string of the molecule is Cc1cnc(Nc2cnn([C@@H](C)C(F)(F)F)c2)nc1-c1ccc(C(=O)[O-])cc1.[Li+]. The molecule has 1 aromatic carbocycles. The van der Waals surface area contributed by atoms with E-state index in [0.717, 1.165) is 17.2 Å². The Labute approximate surface area is 176 Å². The zero-order valence-electron chi connectivity index (χ0n) is 15.9. The number of hydrogen-bond donors (Lipinski definition) is 1. The Balaban J connectivity index is 0.00000300. The smallest absolute Gasteiger partial charge is 0.545 e. The summed E-state index contributed by atoms with van der Waals surface area (Å²) in [6.07, 6.45) is -0.385. The van der Waals surface area contributed by atoms with E-state index in [4.69, 9.17) is 0 Å². The molecular weight excluding hydrogens is 382 g/mol. The predicted octanol–water partition coefficient (Wildman–Crippen LogP) is -0.117. The fourth-order valence-corrected chi connectivity index (χ4v) is 2.45. The van der Waals surface area contributed by atoms with E-state index in [9.17, 15) is 23.1 Å². The van der Waals surface area contributed by atoms with Gasteiger partial charge in [-0.3, -0.25) is 4.68 Å². The van der Waals surface area contributed by atoms with Crippen LogP contribution >= 0.6 is 0 Å². The average molecular weight is 397 g/mol. The molecular formula is C18H15F3LiN5O2. The Hall–Kier alpha value is -2.83. The number of halogens is 3. The number of aryl methyl sites for hydroxylation is 1. The topological polar surface area (TPSA) is 95.8 Å². The quantitative estimate of drug-likeness (QED) is 0.604. The molecule has 11 heteroatoms. The number of aromatic nitrogens is 4. The summed E-state index contributed by atoms with van der Waals surface area (Å²) in [7, 11) is 0. The maximum atomic E-state index is 12.8. The third-order valence-electron chi connectivity index (χ3n) is 4.09. The van der Waals surface area contributed by atoms with E-state index in [-0.39, 0.29) is 30.4 Å². The number of rotatable bonds is 5. The number of benzene rings is 1. The van der Waals surface area contributed by atoms with Gasteiger partial charge in [0.15, 0.2) is 0 Å². The molecule has 0 aliphatic heterocycles. The Kier molecular flexibility index (Phi) is 6.72. The number of alkyl halides is 3. The Morgan fingerprint density at radius 2 is 1.86 bits per heavy atom. The van der Waals surface area contributed by atoms with E-state index in [0.29, 0.717) is 16.9 Å². The summed E-state index contributed by atoms with van der Waals surface area (Å²) in [6, 6.07) is 4.23. The van der Waals surface area contributed by atoms with Gasteiger partial charge in [0.1, 0.15) is 6.04 Å². The summed E-state index contributed by atoms with van der Waals surface area (Å²) in [5.74, 6) is -1.11. The number of carbonyl (C=O) groups is 1. The van der Waals surface area contributed by atoms with Gasteiger partial charge in [0.05, 0.1) is 23.5 Å². The van der Waals surface area contributed by atoms with E-state index in [1.807, 2.05) is 0 Å². The summed E-state index contributed by atoms with van der Waals surface area (Å²) in [5, 5.41) is 17.4. The monoisotopic (exact) mass is 397 g/mol. The largest absolute Gasteiger partial charge is 1.00 e. The second kappa shape index (κ2) is 8.67. The van der Waals surface area contributed by atoms with Crippen molar-refractivity contribution < 1.29 is 41.9 Å². The standard InChI is InChI=1S/C18H16F3N5O2.Li/c1-10-7-22-17(24-14-8-23-26(9-14)11(2)18(19,20)21)25-15(10)12-3-5-13(6-4-12)16(27)28;/h3-9,11H,1-2H3,(H,27,28)(H,22,24,25);/q;+1/p-1/t11-;/m0./s1. The zero-order chi connectivity index (χ0) is 20.5. The molecule has 1 N–H and O–H groups in total. The number of carbonyl (C=O) groups excluding carboxylic acids is 1. The van der Waals surface area contributed by atoms with E-state index >= 15 is 0 Å². The molecule has 2 heterocycles. The van der Waals surface area contributed by atoms with Gasteiger partial charge in [0.25, 0.3) is 0 Å². The van der Waals surface area contributed by atoms with Gasteiger partial charge in [-0.2, -0.15) is 18.3 Å². The first-order valence-corrected chi connectivity index (χ1v) is 8.18. The van der Waals surface area contributed by atoms with Gasteiger partial charge >= 0.3 is 25.0 Å². The van der Waals surface area contributed by atoms with Crippen LogP contribution in [0.15, 0.2) is 42.9 Å². The molecule has 0 amide bonds. The number of aromatic carboxylic acids is 1. The molecule has 0 aliphatic carbocycles. The van der Waals surface area contributed by atoms with Crippen molar-refractivity contribution in [3.05, 3.63) is 54.0 Å². The fraction of sp³-hybridized carbons (Fsp3) is 0.222. The molecule has 0 saturated carbocycles. The van der Waals surface area contributed by atoms with Crippen LogP contribution in [-0.2, 0) is 0 Å². The first-order chi connectivity index (χ1) is 13.1. The van der Waals surface area contributed by atoms with Gasteiger partial charge in [-0.25, -0.2) is 9.97 Å². The summed E-state index contributed by atoms with van der Waals surface area (Å²) >= 11 is 0. The predicted molar refractivity (Wildman–Crippen MR) is 92.8 cm³/mol. The molecule has 0 saturated heterocycles. The normalized spacial score (nSPS) is 12.2. The molecule has 3 aromatic rings. The molecule has 0 spiro atoms. The fourth-order valence-electron chi connectivity index (χ4n) is 2.45. The third-order valence-corrected chi connectivity index (χ3v) is 4.09. The van der Waals surface area contributed by atoms with Crippen molar-refractivity contribution in [2.24, 2.45) is 0 Å². The minimum absolute atomic E-state index is 0. The molecule has 2 aromatic heterocycles. The molecule has 0 bridgehead atoms. The number of carboxylic acid groups (broad SMARTS) is 1. The first kappa shape index (κ1) is 22.5. The molecule has 29 heavy (non-hydrogen) atoms. The first-order valence-electron chi connectivity index (χ1n) is 8.18. The van der Waals surface area contributed by atoms with Crippen molar-refractivity contribution in [2.45, 2.75) is 26.1 Å². The zero-order valence-corrected chi connectivity index (χ0v) is 15.9. The number of anilines is 2. The van der Waals surface area contributed by atoms with Crippen molar-refractivity contribution in [2.75, 3.05) is 5.32 Å². The van der Waals surface area contributed by atoms with Gasteiger partial charge in [0.2, 0.25) is 5.95 Å². The van der Waals surface area contributed by atoms with Crippen LogP contribution in [-0.4, -0.2) is 31.9 Å². The van der Waals surface area contributed by atoms with Crippen LogP contribution in [0.25, 0.3) is 11.3 Å². The van der Waals surface area contributed by atoms with Gasteiger partial charge in [0, 0.05) is 18.0 Å². The molecule has 0 fully saturated rings. The minimum Gasteiger partial charge on any atom is -0.545 e. The Bertz CT molecular complexity index is 1010. The second-order valence-corrected chi connectivity index (χ2v) is 6.14. The van der Waals surface area contributed by atoms with Crippen LogP contribution < -0.4 is 29.3 Å². The van der Waals surface area contributed by atoms with Gasteiger partial charge in [-0.05, 0) is 25.0 Å². The molecule has 146 valence electrons. The minimum atomic E-state index is -4.41. The summed E-state index contributed by atoms with van der Waals surface area (Å²) in [5.41, 5.74) is 2.30. The van der Waals surface area contributed by atoms with Crippen LogP contribution in [0.3, 0.4) is 0 Å². The van der Waals surface area contributed by atoms with E-state index < -0.39 is 18.2 Å². The van der Waals surface area contributed by atoms with Crippen molar-refractivity contribution in [1.82, 2.24) is 19.7 Å². The summed E-state index contributed by atoms with van der Waals surface area (Å²) in [6.45, 7) is 2.79. The second-order valence-electron chi connectivity index (χ2n) is 6.14. The van der Waals surface area contributed by atoms with Crippen molar-refractivity contribution in [3.63, 3.8) is 0 Å². The maximum Gasteiger partial charge on any atom is 1.00 e. The molecule has 0 aliphatic rings. The molecule has 3 rings (SSSR count). The van der Waals surface area contributed by atoms with E-state index in [2.05, 4.69) is 20.4 Å². The number of hydrogen-bond acceptors (Lipinski definition) is 6. The molecule has 0 unspecified atom stereocenters. The van der Waals surface area contributed by atoms with Crippen molar-refractivity contribution >= 4 is 17.6 Å². The molecule has 7 nitrogen and oxygen atoms in total. The molecule has 1 atom stereocenters. The van der Waals surface area contributed by atoms with Crippen molar-refractivity contribution in [3.8, 4) is 11.3 Å². The van der Waals surface area contributed by atoms with Crippen LogP contribution in [0.2, 0.25) is 0 Å². The maximum absolute atomic E-state index is 12.8. The van der Waals surface area contributed by atoms with Gasteiger partial charge < -0.3 is 15.2 Å². The Morgan fingerprint density at radius 1 is 1.21 bits per heavy atom. The summed E-state index contributed by atoms with van der Waals surface area (Å²) in [4.78, 5) is 19.4. The summed E-state index contributed by atoms with van der Waals surface area (Å²) < 4.78 is 39.2. The molecule has 0 radical (unpaired) electrons. The van der Waals surface area contributed by atoms with Crippen LogP contribution in [0.1, 0.15) is 28.9 Å². The van der Waals surface area contributed by atoms with Gasteiger partial charge in [-0.15, -0.1) is 0 Å². The Morgan fingerprint density at radius 3 is 2.45 bits per heavy atom. The van der Waals surface area contributed by atoms with E-state index in [1.54, 1.807) is 25.3 Å². The third kappa shape index (κ3) is 5.16. The van der Waals surface area contributed by atoms with Gasteiger partial charge in [-0.1, -0.05) is 24.3 Å². The van der Waals surface area contributed by atoms with Crippen LogP contribution in [0.5, 0.6) is 0 Å². The average Bonchev–Trinajstić information content (AvgIpc) is 3.10. The number of nitrogens with one attached hydrogen (secondary N) is 1. The van der Waals surface area contributed by atoms with E-state index in [1.165, 1.54) is 24.5 Å². The number of nitrogens with zero attached hydrogens (tertiary/aromatic N) is 4. The van der Waals surface area contributed by atoms with Crippen LogP contribution in [0, 0.1) is 6.92 Å². The number of carboxylic acids is 1. The van der Waals surface area contributed by atoms with Crippen molar-refractivity contribution in [1.29, 1.82) is 0 Å².